The van der Waals surface area contributed by atoms with Gasteiger partial charge in [-0.05, 0) is 36.4 Å². The van der Waals surface area contributed by atoms with Gasteiger partial charge in [-0.15, -0.1) is 11.3 Å². The van der Waals surface area contributed by atoms with Crippen LogP contribution < -0.4 is 20.1 Å². The van der Waals surface area contributed by atoms with Gasteiger partial charge in [-0.1, -0.05) is 6.07 Å². The first-order valence-electron chi connectivity index (χ1n) is 8.68. The van der Waals surface area contributed by atoms with E-state index in [1.807, 2.05) is 12.1 Å². The summed E-state index contributed by atoms with van der Waals surface area (Å²) in [6.07, 6.45) is -0.315. The molecule has 1 aliphatic rings. The second-order valence-electron chi connectivity index (χ2n) is 6.01. The normalized spacial score (nSPS) is 15.0. The summed E-state index contributed by atoms with van der Waals surface area (Å²) in [5.41, 5.74) is 1.12. The van der Waals surface area contributed by atoms with Gasteiger partial charge >= 0.3 is 6.09 Å². The SMILES string of the molecule is CCOC(=O)NC(=O)c1ccsc1NC(=O)C1COc2cc(OC)ccc2C1. The number of ether oxygens (including phenoxy) is 3. The number of hydrogen-bond acceptors (Lipinski definition) is 7. The zero-order valence-corrected chi connectivity index (χ0v) is 16.3. The lowest BCUT2D eigenvalue weighted by Gasteiger charge is -2.25. The first kappa shape index (κ1) is 19.7. The highest BCUT2D eigenvalue weighted by Crippen LogP contribution is 2.32. The summed E-state index contributed by atoms with van der Waals surface area (Å²) in [7, 11) is 1.58. The quantitative estimate of drug-likeness (QED) is 0.794. The van der Waals surface area contributed by atoms with E-state index < -0.39 is 17.9 Å². The third kappa shape index (κ3) is 4.42. The largest absolute Gasteiger partial charge is 0.497 e. The molecule has 0 radical (unpaired) electrons. The average molecular weight is 404 g/mol. The Balaban J connectivity index is 1.65. The number of carbonyl (C=O) groups excluding carboxylic acids is 3. The van der Waals surface area contributed by atoms with Crippen molar-refractivity contribution in [3.63, 3.8) is 0 Å². The van der Waals surface area contributed by atoms with Crippen molar-refractivity contribution in [1.82, 2.24) is 5.32 Å². The number of imide groups is 1. The van der Waals surface area contributed by atoms with Crippen molar-refractivity contribution in [3.8, 4) is 11.5 Å². The minimum Gasteiger partial charge on any atom is -0.497 e. The first-order valence-corrected chi connectivity index (χ1v) is 9.56. The Hall–Kier alpha value is -3.07. The van der Waals surface area contributed by atoms with E-state index in [9.17, 15) is 14.4 Å². The Morgan fingerprint density at radius 3 is 2.86 bits per heavy atom. The van der Waals surface area contributed by atoms with E-state index in [0.29, 0.717) is 22.9 Å². The molecular weight excluding hydrogens is 384 g/mol. The molecule has 2 N–H and O–H groups in total. The molecule has 1 aromatic heterocycles. The molecule has 1 unspecified atom stereocenters. The average Bonchev–Trinajstić information content (AvgIpc) is 3.15. The summed E-state index contributed by atoms with van der Waals surface area (Å²) in [4.78, 5) is 36.3. The van der Waals surface area contributed by atoms with Crippen LogP contribution >= 0.6 is 11.3 Å². The first-order chi connectivity index (χ1) is 13.5. The third-order valence-corrected chi connectivity index (χ3v) is 5.02. The lowest BCUT2D eigenvalue weighted by atomic mass is 9.96. The zero-order chi connectivity index (χ0) is 20.1. The Kier molecular flexibility index (Phi) is 6.15. The van der Waals surface area contributed by atoms with Crippen LogP contribution in [-0.2, 0) is 16.0 Å². The van der Waals surface area contributed by atoms with Gasteiger partial charge < -0.3 is 19.5 Å². The van der Waals surface area contributed by atoms with Crippen molar-refractivity contribution in [2.75, 3.05) is 25.6 Å². The molecular formula is C19H20N2O6S. The fraction of sp³-hybridized carbons (Fsp3) is 0.316. The van der Waals surface area contributed by atoms with Gasteiger partial charge in [-0.3, -0.25) is 14.9 Å². The lowest BCUT2D eigenvalue weighted by Crippen LogP contribution is -2.34. The topological polar surface area (TPSA) is 103 Å². The number of benzene rings is 1. The Bertz CT molecular complexity index is 894. The number of methoxy groups -OCH3 is 1. The standard InChI is InChI=1S/C19H20N2O6S/c1-3-26-19(24)21-17(23)14-6-7-28-18(14)20-16(22)12-8-11-4-5-13(25-2)9-15(11)27-10-12/h4-7,9,12H,3,8,10H2,1-2H3,(H,20,22)(H,21,23,24). The predicted molar refractivity (Wildman–Crippen MR) is 103 cm³/mol. The van der Waals surface area contributed by atoms with Crippen LogP contribution in [0.2, 0.25) is 0 Å². The maximum Gasteiger partial charge on any atom is 0.414 e. The van der Waals surface area contributed by atoms with E-state index >= 15 is 0 Å². The molecule has 1 atom stereocenters. The van der Waals surface area contributed by atoms with Crippen LogP contribution in [0.5, 0.6) is 11.5 Å². The maximum absolute atomic E-state index is 12.7. The number of amides is 3. The van der Waals surface area contributed by atoms with Gasteiger partial charge in [0.05, 0.1) is 25.2 Å². The van der Waals surface area contributed by atoms with Crippen LogP contribution in [0.3, 0.4) is 0 Å². The Morgan fingerprint density at radius 2 is 2.11 bits per heavy atom. The molecule has 28 heavy (non-hydrogen) atoms. The lowest BCUT2D eigenvalue weighted by molar-refractivity contribution is -0.121. The van der Waals surface area contributed by atoms with E-state index in [1.54, 1.807) is 25.5 Å². The van der Waals surface area contributed by atoms with Crippen LogP contribution in [0.4, 0.5) is 9.80 Å². The summed E-state index contributed by atoms with van der Waals surface area (Å²) >= 11 is 1.20. The molecule has 8 nitrogen and oxygen atoms in total. The molecule has 1 aliphatic heterocycles. The minimum atomic E-state index is -0.830. The summed E-state index contributed by atoms with van der Waals surface area (Å²) in [6, 6.07) is 7.02. The van der Waals surface area contributed by atoms with E-state index in [-0.39, 0.29) is 24.7 Å². The fourth-order valence-electron chi connectivity index (χ4n) is 2.77. The van der Waals surface area contributed by atoms with E-state index in [4.69, 9.17) is 14.2 Å². The second-order valence-corrected chi connectivity index (χ2v) is 6.93. The van der Waals surface area contributed by atoms with Crippen LogP contribution in [0.1, 0.15) is 22.8 Å². The maximum atomic E-state index is 12.7. The second kappa shape index (κ2) is 8.75. The zero-order valence-electron chi connectivity index (χ0n) is 15.4. The molecule has 148 valence electrons. The molecule has 0 spiro atoms. The van der Waals surface area contributed by atoms with Gasteiger partial charge in [0.25, 0.3) is 5.91 Å². The van der Waals surface area contributed by atoms with Crippen LogP contribution in [0, 0.1) is 5.92 Å². The van der Waals surface area contributed by atoms with Crippen molar-refractivity contribution in [3.05, 3.63) is 40.8 Å². The molecule has 0 bridgehead atoms. The highest BCUT2D eigenvalue weighted by Gasteiger charge is 2.28. The van der Waals surface area contributed by atoms with Crippen molar-refractivity contribution >= 4 is 34.2 Å². The monoisotopic (exact) mass is 404 g/mol. The number of hydrogen-bond donors (Lipinski definition) is 2. The van der Waals surface area contributed by atoms with Gasteiger partial charge in [0.15, 0.2) is 0 Å². The summed E-state index contributed by atoms with van der Waals surface area (Å²) in [5, 5.41) is 6.91. The number of carbonyl (C=O) groups is 3. The molecule has 1 aromatic carbocycles. The number of nitrogens with one attached hydrogen (secondary N) is 2. The molecule has 0 fully saturated rings. The van der Waals surface area contributed by atoms with Crippen LogP contribution in [0.15, 0.2) is 29.6 Å². The van der Waals surface area contributed by atoms with E-state index in [0.717, 1.165) is 5.56 Å². The molecule has 0 saturated carbocycles. The van der Waals surface area contributed by atoms with Crippen molar-refractivity contribution in [1.29, 1.82) is 0 Å². The summed E-state index contributed by atoms with van der Waals surface area (Å²) in [6.45, 7) is 2.02. The van der Waals surface area contributed by atoms with Crippen molar-refractivity contribution < 1.29 is 28.6 Å². The van der Waals surface area contributed by atoms with E-state index in [2.05, 4.69) is 10.6 Å². The van der Waals surface area contributed by atoms with Gasteiger partial charge in [0.1, 0.15) is 23.1 Å². The number of rotatable bonds is 5. The molecule has 2 heterocycles. The fourth-order valence-corrected chi connectivity index (χ4v) is 3.56. The van der Waals surface area contributed by atoms with Gasteiger partial charge in [-0.25, -0.2) is 4.79 Å². The van der Waals surface area contributed by atoms with Crippen LogP contribution in [-0.4, -0.2) is 38.2 Å². The van der Waals surface area contributed by atoms with Gasteiger partial charge in [0.2, 0.25) is 5.91 Å². The van der Waals surface area contributed by atoms with Crippen LogP contribution in [0.25, 0.3) is 0 Å². The van der Waals surface area contributed by atoms with Crippen molar-refractivity contribution in [2.45, 2.75) is 13.3 Å². The summed E-state index contributed by atoms with van der Waals surface area (Å²) < 4.78 is 15.6. The molecule has 3 amide bonds. The smallest absolute Gasteiger partial charge is 0.414 e. The molecule has 0 saturated heterocycles. The number of anilines is 1. The van der Waals surface area contributed by atoms with Crippen molar-refractivity contribution in [2.24, 2.45) is 5.92 Å². The Morgan fingerprint density at radius 1 is 1.29 bits per heavy atom. The number of alkyl carbamates (subject to hydrolysis) is 1. The third-order valence-electron chi connectivity index (χ3n) is 4.19. The minimum absolute atomic E-state index is 0.154. The molecule has 3 rings (SSSR count). The predicted octanol–water partition coefficient (Wildman–Crippen LogP) is 2.83. The van der Waals surface area contributed by atoms with Gasteiger partial charge in [0, 0.05) is 6.07 Å². The highest BCUT2D eigenvalue weighted by atomic mass is 32.1. The summed E-state index contributed by atoms with van der Waals surface area (Å²) in [5.74, 6) is 0.108. The highest BCUT2D eigenvalue weighted by molar-refractivity contribution is 7.14. The Labute approximate surface area is 165 Å². The molecule has 9 heteroatoms. The van der Waals surface area contributed by atoms with E-state index in [1.165, 1.54) is 17.4 Å². The number of fused-ring (bicyclic) bond motifs is 1. The molecule has 2 aromatic rings. The van der Waals surface area contributed by atoms with Gasteiger partial charge in [-0.2, -0.15) is 0 Å². The molecule has 0 aliphatic carbocycles. The number of thiophene rings is 1.